The molecule has 536 valence electrons. The minimum Gasteiger partial charge on any atom is -0.288 e. The van der Waals surface area contributed by atoms with Crippen LogP contribution in [0.1, 0.15) is 69.4 Å². The Morgan fingerprint density at radius 1 is 0.305 bits per heavy atom. The molecule has 0 spiro atoms. The molecule has 105 heavy (non-hydrogen) atoms. The summed E-state index contributed by atoms with van der Waals surface area (Å²) >= 11 is 0. The van der Waals surface area contributed by atoms with Gasteiger partial charge in [0.25, 0.3) is 0 Å². The first-order chi connectivity index (χ1) is 50.9. The number of imidazole rings is 5. The molecule has 15 heteroatoms. The summed E-state index contributed by atoms with van der Waals surface area (Å²) < 4.78 is 17.9. The van der Waals surface area contributed by atoms with Gasteiger partial charge in [0.1, 0.15) is 0 Å². The fourth-order valence-corrected chi connectivity index (χ4v) is 12.5. The monoisotopic (exact) mass is 1400 g/mol. The summed E-state index contributed by atoms with van der Waals surface area (Å²) in [6.45, 7) is 42.2. The minimum atomic E-state index is -0.0278. The zero-order chi connectivity index (χ0) is 75.1. The van der Waals surface area contributed by atoms with Crippen molar-refractivity contribution in [2.24, 2.45) is 0 Å². The van der Waals surface area contributed by atoms with E-state index in [1.54, 1.807) is 51.7 Å². The fraction of sp³-hybridized carbons (Fsp3) is 0.189. The molecule has 0 aliphatic rings. The normalized spacial score (nSPS) is 11.0. The van der Waals surface area contributed by atoms with E-state index in [4.69, 9.17) is 0 Å². The molecule has 0 N–H and O–H groups in total. The van der Waals surface area contributed by atoms with E-state index in [1.807, 2.05) is 267 Å². The maximum atomic E-state index is 13.2. The second-order valence-corrected chi connectivity index (χ2v) is 25.7. The van der Waals surface area contributed by atoms with Gasteiger partial charge in [0.2, 0.25) is 0 Å². The minimum absolute atomic E-state index is 0.00166. The number of benzene rings is 8. The van der Waals surface area contributed by atoms with Crippen molar-refractivity contribution in [1.82, 2.24) is 45.7 Å². The number of aromatic nitrogens is 10. The van der Waals surface area contributed by atoms with E-state index in [1.165, 1.54) is 11.1 Å². The number of allylic oxidation sites excluding steroid dienone is 12. The summed E-state index contributed by atoms with van der Waals surface area (Å²) in [5.41, 5.74) is 19.8. The van der Waals surface area contributed by atoms with Gasteiger partial charge in [0.05, 0.1) is 68.3 Å². The van der Waals surface area contributed by atoms with Crippen molar-refractivity contribution in [3.63, 3.8) is 0 Å². The maximum absolute atomic E-state index is 13.2. The molecule has 5 aromatic heterocycles. The highest BCUT2D eigenvalue weighted by atomic mass is 16.2. The van der Waals surface area contributed by atoms with Crippen LogP contribution >= 0.6 is 0 Å². The first-order valence-corrected chi connectivity index (χ1v) is 35.3. The summed E-state index contributed by atoms with van der Waals surface area (Å²) in [6, 6.07) is 62.4. The maximum Gasteiger partial charge on any atom is 0.329 e. The van der Waals surface area contributed by atoms with Crippen LogP contribution in [0.2, 0.25) is 0 Å². The average molecular weight is 1400 g/mol. The van der Waals surface area contributed by atoms with Gasteiger partial charge in [-0.05, 0) is 148 Å². The van der Waals surface area contributed by atoms with Gasteiger partial charge in [-0.25, -0.2) is 24.0 Å². The third-order valence-corrected chi connectivity index (χ3v) is 17.8. The molecule has 0 unspecified atom stereocenters. The lowest BCUT2D eigenvalue weighted by Gasteiger charge is -2.05. The Bertz CT molecular complexity index is 5480. The Kier molecular flexibility index (Phi) is 27.0. The SMILES string of the molecule is C/C=C/Cn1c(=O)n(C/C=C/C)c2ccccc21.C=CCn1c(=O)n(CC=C)c2cc(-c3ccccc3)ccc21.C=CCn1c(=O)n(CC=C)c2cc(C)ccc21.C=Cc1ccc(Cn2c(=O)n(Cc3ccc(C=C)cc3)c3ccccc32)cc1.CC(C)=CCn1c(=O)n(CC=C(C)C)c2ccccc21. The van der Waals surface area contributed by atoms with Gasteiger partial charge in [0, 0.05) is 52.4 Å². The number of hydrogen-bond acceptors (Lipinski definition) is 5. The van der Waals surface area contributed by atoms with E-state index in [0.717, 1.165) is 94.1 Å². The molecule has 0 bridgehead atoms. The Labute approximate surface area is 614 Å². The van der Waals surface area contributed by atoms with Gasteiger partial charge in [-0.3, -0.25) is 45.7 Å². The Morgan fingerprint density at radius 2 is 0.600 bits per heavy atom. The third-order valence-electron chi connectivity index (χ3n) is 17.8. The summed E-state index contributed by atoms with van der Waals surface area (Å²) in [5, 5.41) is 0. The van der Waals surface area contributed by atoms with Crippen molar-refractivity contribution in [1.29, 1.82) is 0 Å². The van der Waals surface area contributed by atoms with E-state index >= 15 is 0 Å². The molecule has 0 radical (unpaired) electrons. The van der Waals surface area contributed by atoms with Crippen LogP contribution in [-0.2, 0) is 65.4 Å². The smallest absolute Gasteiger partial charge is 0.288 e. The van der Waals surface area contributed by atoms with Gasteiger partial charge in [0.15, 0.2) is 0 Å². The summed E-state index contributed by atoms with van der Waals surface area (Å²) in [6.07, 6.45) is 22.7. The molecule has 0 aliphatic heterocycles. The Balaban J connectivity index is 0.000000154. The standard InChI is InChI=1S/C25H22N2O.C19H18N2O.C17H22N2O.C15H18N2O.C14H16N2O/c1-3-19-9-13-21(14-10-19)17-26-23-7-5-6-8-24(23)27(25(26)28)18-22-15-11-20(4-2)12-16-22;1-3-12-20-17-11-10-16(15-8-6-5-7-9-15)14-18(17)21(13-4-2)19(20)22;1-13(2)9-11-18-15-7-5-6-8-16(15)19(17(18)20)12-10-14(3)4;1-3-5-11-16-13-9-7-8-10-14(13)17(15(16)18)12-6-4-2;1-4-8-15-12-7-6-11(3)10-13(12)16(9-5-2)14(15)17/h3-16H,1-2,17-18H2;3-11,14H,1-2,12-13H2;5-10H,11-12H2,1-4H3;3-10H,11-12H2,1-2H3;4-7,10H,1-2,8-9H2,3H3/b;;;5-3+,6-4+;. The third kappa shape index (κ3) is 18.2. The van der Waals surface area contributed by atoms with E-state index in [2.05, 4.69) is 75.9 Å². The van der Waals surface area contributed by atoms with Crippen molar-refractivity contribution >= 4 is 67.3 Å². The highest BCUT2D eigenvalue weighted by Crippen LogP contribution is 2.25. The van der Waals surface area contributed by atoms with Crippen molar-refractivity contribution in [2.75, 3.05) is 0 Å². The average Bonchev–Trinajstić information content (AvgIpc) is 1.67. The predicted molar refractivity (Wildman–Crippen MR) is 442 cm³/mol. The number of para-hydroxylation sites is 6. The van der Waals surface area contributed by atoms with Crippen LogP contribution in [0.4, 0.5) is 0 Å². The molecule has 8 aromatic carbocycles. The number of hydrogen-bond donors (Lipinski definition) is 0. The Hall–Kier alpha value is -12.5. The number of rotatable bonds is 23. The number of nitrogens with zero attached hydrogens (tertiary/aromatic N) is 10. The van der Waals surface area contributed by atoms with Crippen molar-refractivity contribution in [3.05, 3.63) is 380 Å². The quantitative estimate of drug-likeness (QED) is 0.0588. The number of fused-ring (bicyclic) bond motifs is 5. The molecule has 15 nitrogen and oxygen atoms in total. The van der Waals surface area contributed by atoms with Crippen LogP contribution in [-0.4, -0.2) is 45.7 Å². The Morgan fingerprint density at radius 3 is 0.943 bits per heavy atom. The second-order valence-electron chi connectivity index (χ2n) is 25.7. The highest BCUT2D eigenvalue weighted by molar-refractivity contribution is 5.83. The van der Waals surface area contributed by atoms with Crippen molar-refractivity contribution in [3.8, 4) is 11.1 Å². The van der Waals surface area contributed by atoms with Gasteiger partial charge in [-0.15, -0.1) is 26.3 Å². The molecule has 0 amide bonds. The van der Waals surface area contributed by atoms with E-state index in [-0.39, 0.29) is 28.4 Å². The fourth-order valence-electron chi connectivity index (χ4n) is 12.5. The molecule has 13 rings (SSSR count). The first-order valence-electron chi connectivity index (χ1n) is 35.3. The molecular weight excluding hydrogens is 1300 g/mol. The number of aryl methyl sites for hydroxylation is 1. The van der Waals surface area contributed by atoms with E-state index < -0.39 is 0 Å². The molecule has 0 saturated carbocycles. The van der Waals surface area contributed by atoms with Crippen molar-refractivity contribution in [2.45, 2.75) is 114 Å². The zero-order valence-corrected chi connectivity index (χ0v) is 61.7. The zero-order valence-electron chi connectivity index (χ0n) is 61.7. The van der Waals surface area contributed by atoms with Crippen LogP contribution in [0.3, 0.4) is 0 Å². The summed E-state index contributed by atoms with van der Waals surface area (Å²) in [5.74, 6) is 0. The topological polar surface area (TPSA) is 135 Å². The van der Waals surface area contributed by atoms with Crippen LogP contribution in [0.15, 0.2) is 323 Å². The van der Waals surface area contributed by atoms with Crippen LogP contribution in [0, 0.1) is 6.92 Å². The van der Waals surface area contributed by atoms with E-state index in [0.29, 0.717) is 65.4 Å². The van der Waals surface area contributed by atoms with Crippen LogP contribution in [0.5, 0.6) is 0 Å². The highest BCUT2D eigenvalue weighted by Gasteiger charge is 2.17. The van der Waals surface area contributed by atoms with Crippen LogP contribution in [0.25, 0.3) is 78.4 Å². The molecule has 13 aromatic rings. The lowest BCUT2D eigenvalue weighted by molar-refractivity contribution is 0.701. The molecule has 0 fully saturated rings. The first kappa shape index (κ1) is 76.7. The van der Waals surface area contributed by atoms with Gasteiger partial charge in [-0.2, -0.15) is 0 Å². The van der Waals surface area contributed by atoms with Gasteiger partial charge in [-0.1, -0.05) is 225 Å². The van der Waals surface area contributed by atoms with Gasteiger partial charge >= 0.3 is 28.4 Å². The van der Waals surface area contributed by atoms with Crippen molar-refractivity contribution < 1.29 is 0 Å². The predicted octanol–water partition coefficient (Wildman–Crippen LogP) is 18.2. The molecule has 0 saturated heterocycles. The van der Waals surface area contributed by atoms with Gasteiger partial charge < -0.3 is 0 Å². The largest absolute Gasteiger partial charge is 0.329 e. The molecule has 5 heterocycles. The lowest BCUT2D eigenvalue weighted by atomic mass is 10.1. The lowest BCUT2D eigenvalue weighted by Crippen LogP contribution is -2.25. The molecule has 0 aliphatic carbocycles. The van der Waals surface area contributed by atoms with Crippen LogP contribution < -0.4 is 28.4 Å². The summed E-state index contributed by atoms with van der Waals surface area (Å²) in [7, 11) is 0. The summed E-state index contributed by atoms with van der Waals surface area (Å²) in [4.78, 5) is 62.9. The molecular formula is C90H96N10O5. The second kappa shape index (κ2) is 36.9. The molecule has 0 atom stereocenters. The van der Waals surface area contributed by atoms with E-state index in [9.17, 15) is 24.0 Å².